The molecule has 106 valence electrons. The molecule has 1 unspecified atom stereocenters. The van der Waals surface area contributed by atoms with Crippen molar-refractivity contribution in [3.8, 4) is 0 Å². The first-order valence-electron chi connectivity index (χ1n) is 6.57. The van der Waals surface area contributed by atoms with Crippen molar-refractivity contribution < 1.29 is 4.74 Å². The molecule has 2 aliphatic rings. The predicted octanol–water partition coefficient (Wildman–Crippen LogP) is 0.593. The van der Waals surface area contributed by atoms with Crippen molar-refractivity contribution in [2.24, 2.45) is 16.6 Å². The fourth-order valence-corrected chi connectivity index (χ4v) is 2.54. The van der Waals surface area contributed by atoms with Crippen LogP contribution in [0.15, 0.2) is 4.99 Å². The van der Waals surface area contributed by atoms with Gasteiger partial charge in [0.1, 0.15) is 0 Å². The Kier molecular flexibility index (Phi) is 7.25. The van der Waals surface area contributed by atoms with E-state index in [2.05, 4.69) is 21.8 Å². The van der Waals surface area contributed by atoms with Crippen LogP contribution >= 0.6 is 24.0 Å². The maximum atomic E-state index is 6.01. The van der Waals surface area contributed by atoms with Crippen LogP contribution in [0, 0.1) is 5.92 Å². The molecule has 1 atom stereocenters. The zero-order valence-electron chi connectivity index (χ0n) is 11.2. The second-order valence-electron chi connectivity index (χ2n) is 5.07. The Labute approximate surface area is 127 Å². The van der Waals surface area contributed by atoms with Crippen LogP contribution in [0.3, 0.4) is 0 Å². The van der Waals surface area contributed by atoms with E-state index >= 15 is 0 Å². The second-order valence-corrected chi connectivity index (χ2v) is 5.07. The molecule has 0 aliphatic carbocycles. The Morgan fingerprint density at radius 3 is 2.72 bits per heavy atom. The van der Waals surface area contributed by atoms with Crippen LogP contribution in [-0.2, 0) is 4.74 Å². The lowest BCUT2D eigenvalue weighted by Gasteiger charge is -2.30. The molecule has 2 aliphatic heterocycles. The number of morpholine rings is 1. The smallest absolute Gasteiger partial charge is 0.191 e. The molecular weight excluding hydrogens is 343 g/mol. The normalized spacial score (nSPS) is 26.8. The fraction of sp³-hybridized carbons (Fsp3) is 0.917. The SMILES string of the molecule is CN1CCCC(CN=C(N)N2CCOCC2)C1.I. The zero-order valence-corrected chi connectivity index (χ0v) is 13.5. The van der Waals surface area contributed by atoms with Gasteiger partial charge in [-0.05, 0) is 32.4 Å². The Balaban J connectivity index is 0.00000162. The largest absolute Gasteiger partial charge is 0.378 e. The van der Waals surface area contributed by atoms with Gasteiger partial charge in [-0.15, -0.1) is 24.0 Å². The van der Waals surface area contributed by atoms with Crippen LogP contribution in [0.4, 0.5) is 0 Å². The van der Waals surface area contributed by atoms with Crippen LogP contribution in [0.1, 0.15) is 12.8 Å². The van der Waals surface area contributed by atoms with Gasteiger partial charge in [-0.3, -0.25) is 4.99 Å². The Morgan fingerprint density at radius 2 is 2.06 bits per heavy atom. The van der Waals surface area contributed by atoms with Gasteiger partial charge in [0.05, 0.1) is 13.2 Å². The summed E-state index contributed by atoms with van der Waals surface area (Å²) in [6.45, 7) is 6.52. The van der Waals surface area contributed by atoms with Crippen molar-refractivity contribution in [2.45, 2.75) is 12.8 Å². The van der Waals surface area contributed by atoms with Crippen molar-refractivity contribution in [3.63, 3.8) is 0 Å². The zero-order chi connectivity index (χ0) is 12.1. The highest BCUT2D eigenvalue weighted by Gasteiger charge is 2.17. The third kappa shape index (κ3) is 4.89. The van der Waals surface area contributed by atoms with Gasteiger partial charge in [0, 0.05) is 26.2 Å². The monoisotopic (exact) mass is 368 g/mol. The Morgan fingerprint density at radius 1 is 1.33 bits per heavy atom. The number of nitrogens with zero attached hydrogens (tertiary/aromatic N) is 3. The maximum Gasteiger partial charge on any atom is 0.191 e. The summed E-state index contributed by atoms with van der Waals surface area (Å²) in [5.41, 5.74) is 6.01. The number of ether oxygens (including phenoxy) is 1. The van der Waals surface area contributed by atoms with Crippen molar-refractivity contribution >= 4 is 29.9 Å². The summed E-state index contributed by atoms with van der Waals surface area (Å²) >= 11 is 0. The van der Waals surface area contributed by atoms with E-state index in [0.717, 1.165) is 39.4 Å². The van der Waals surface area contributed by atoms with Crippen molar-refractivity contribution in [2.75, 3.05) is 53.0 Å². The lowest BCUT2D eigenvalue weighted by molar-refractivity contribution is 0.0673. The van der Waals surface area contributed by atoms with Gasteiger partial charge in [0.2, 0.25) is 0 Å². The molecule has 0 saturated carbocycles. The molecule has 0 aromatic rings. The summed E-state index contributed by atoms with van der Waals surface area (Å²) in [7, 11) is 2.18. The minimum Gasteiger partial charge on any atom is -0.378 e. The van der Waals surface area contributed by atoms with Gasteiger partial charge in [-0.2, -0.15) is 0 Å². The minimum atomic E-state index is 0. The lowest BCUT2D eigenvalue weighted by atomic mass is 9.99. The number of nitrogens with two attached hydrogens (primary N) is 1. The average molecular weight is 368 g/mol. The highest BCUT2D eigenvalue weighted by atomic mass is 127. The number of halogens is 1. The van der Waals surface area contributed by atoms with Crippen LogP contribution in [0.5, 0.6) is 0 Å². The molecule has 0 bridgehead atoms. The van der Waals surface area contributed by atoms with E-state index in [1.165, 1.54) is 19.4 Å². The molecule has 0 amide bonds. The molecule has 0 spiro atoms. The van der Waals surface area contributed by atoms with Gasteiger partial charge in [-0.25, -0.2) is 0 Å². The van der Waals surface area contributed by atoms with Crippen LogP contribution in [0.25, 0.3) is 0 Å². The summed E-state index contributed by atoms with van der Waals surface area (Å²) < 4.78 is 5.30. The summed E-state index contributed by atoms with van der Waals surface area (Å²) in [6.07, 6.45) is 2.57. The highest BCUT2D eigenvalue weighted by molar-refractivity contribution is 14.0. The van der Waals surface area contributed by atoms with E-state index in [-0.39, 0.29) is 24.0 Å². The van der Waals surface area contributed by atoms with Crippen LogP contribution < -0.4 is 5.73 Å². The van der Waals surface area contributed by atoms with E-state index in [1.807, 2.05) is 0 Å². The van der Waals surface area contributed by atoms with E-state index in [0.29, 0.717) is 11.9 Å². The van der Waals surface area contributed by atoms with Crippen LogP contribution in [0.2, 0.25) is 0 Å². The molecule has 2 saturated heterocycles. The number of guanidine groups is 1. The van der Waals surface area contributed by atoms with E-state index in [1.54, 1.807) is 0 Å². The number of hydrogen-bond acceptors (Lipinski definition) is 3. The standard InChI is InChI=1S/C12H24N4O.HI/c1-15-4-2-3-11(10-15)9-14-12(13)16-5-7-17-8-6-16;/h11H,2-10H2,1H3,(H2,13,14);1H. The number of rotatable bonds is 2. The number of piperidine rings is 1. The molecule has 2 N–H and O–H groups in total. The lowest BCUT2D eigenvalue weighted by Crippen LogP contribution is -2.45. The molecule has 18 heavy (non-hydrogen) atoms. The predicted molar refractivity (Wildman–Crippen MR) is 84.5 cm³/mol. The van der Waals surface area contributed by atoms with Gasteiger partial charge in [0.15, 0.2) is 5.96 Å². The molecule has 2 fully saturated rings. The molecule has 0 radical (unpaired) electrons. The topological polar surface area (TPSA) is 54.1 Å². The van der Waals surface area contributed by atoms with E-state index < -0.39 is 0 Å². The molecule has 0 aromatic carbocycles. The molecule has 6 heteroatoms. The maximum absolute atomic E-state index is 6.01. The summed E-state index contributed by atoms with van der Waals surface area (Å²) in [5, 5.41) is 0. The van der Waals surface area contributed by atoms with Crippen molar-refractivity contribution in [1.29, 1.82) is 0 Å². The molecule has 2 rings (SSSR count). The second kappa shape index (κ2) is 8.16. The quantitative estimate of drug-likeness (QED) is 0.441. The van der Waals surface area contributed by atoms with Gasteiger partial charge >= 0.3 is 0 Å². The van der Waals surface area contributed by atoms with Crippen LogP contribution in [-0.4, -0.2) is 68.7 Å². The number of aliphatic imine (C=N–C) groups is 1. The fourth-order valence-electron chi connectivity index (χ4n) is 2.54. The average Bonchev–Trinajstić information content (AvgIpc) is 2.37. The van der Waals surface area contributed by atoms with E-state index in [9.17, 15) is 0 Å². The van der Waals surface area contributed by atoms with Crippen molar-refractivity contribution in [3.05, 3.63) is 0 Å². The first-order valence-corrected chi connectivity index (χ1v) is 6.57. The summed E-state index contributed by atoms with van der Waals surface area (Å²) in [5.74, 6) is 1.37. The van der Waals surface area contributed by atoms with Gasteiger partial charge in [-0.1, -0.05) is 0 Å². The molecule has 5 nitrogen and oxygen atoms in total. The molecule has 2 heterocycles. The number of hydrogen-bond donors (Lipinski definition) is 1. The Hall–Kier alpha value is -0.0800. The molecular formula is C12H25IN4O. The minimum absolute atomic E-state index is 0. The van der Waals surface area contributed by atoms with Crippen molar-refractivity contribution in [1.82, 2.24) is 9.80 Å². The third-order valence-electron chi connectivity index (χ3n) is 3.57. The molecule has 0 aromatic heterocycles. The van der Waals surface area contributed by atoms with Gasteiger partial charge in [0.25, 0.3) is 0 Å². The summed E-state index contributed by atoms with van der Waals surface area (Å²) in [6, 6.07) is 0. The summed E-state index contributed by atoms with van der Waals surface area (Å²) in [4.78, 5) is 9.05. The first-order chi connectivity index (χ1) is 8.25. The third-order valence-corrected chi connectivity index (χ3v) is 3.57. The highest BCUT2D eigenvalue weighted by Crippen LogP contribution is 2.15. The Bertz CT molecular complexity index is 269. The van der Waals surface area contributed by atoms with E-state index in [4.69, 9.17) is 10.5 Å². The number of likely N-dealkylation sites (tertiary alicyclic amines) is 1. The van der Waals surface area contributed by atoms with Gasteiger partial charge < -0.3 is 20.3 Å². The first kappa shape index (κ1) is 16.0.